The summed E-state index contributed by atoms with van der Waals surface area (Å²) < 4.78 is -2.28. The van der Waals surface area contributed by atoms with Crippen molar-refractivity contribution in [3.8, 4) is 0 Å². The summed E-state index contributed by atoms with van der Waals surface area (Å²) in [6, 6.07) is 0. The largest absolute Gasteiger partial charge is 0.350 e. The zero-order valence-electron chi connectivity index (χ0n) is 8.11. The van der Waals surface area contributed by atoms with E-state index in [2.05, 4.69) is 19.2 Å². The highest BCUT2D eigenvalue weighted by Crippen LogP contribution is 2.59. The zero-order chi connectivity index (χ0) is 10.2. The Morgan fingerprint density at radius 2 is 1.77 bits per heavy atom. The van der Waals surface area contributed by atoms with Crippen molar-refractivity contribution in [3.63, 3.8) is 0 Å². The number of unbranched alkanes of at least 4 members (excludes halogenated alkanes) is 5. The Balaban J connectivity index is 3.04. The molecule has 0 aromatic rings. The molecule has 0 fully saturated rings. The lowest BCUT2D eigenvalue weighted by molar-refractivity contribution is 0.627. The summed E-state index contributed by atoms with van der Waals surface area (Å²) in [4.78, 5) is 9.21. The van der Waals surface area contributed by atoms with Crippen LogP contribution >= 0.6 is 28.3 Å². The van der Waals surface area contributed by atoms with Gasteiger partial charge in [-0.25, -0.2) is 0 Å². The summed E-state index contributed by atoms with van der Waals surface area (Å²) in [5.74, 6) is 0.962. The molecule has 0 aliphatic rings. The van der Waals surface area contributed by atoms with E-state index in [1.54, 1.807) is 0 Å². The molecule has 0 aliphatic heterocycles. The molecule has 80 valence electrons. The van der Waals surface area contributed by atoms with Crippen LogP contribution in [0.15, 0.2) is 0 Å². The molecule has 13 heavy (non-hydrogen) atoms. The third kappa shape index (κ3) is 13.3. The molecule has 5 heteroatoms. The first-order valence-electron chi connectivity index (χ1n) is 4.76. The van der Waals surface area contributed by atoms with E-state index in [9.17, 15) is 4.89 Å². The Bertz CT molecular complexity index is 157. The van der Waals surface area contributed by atoms with Gasteiger partial charge in [0, 0.05) is 5.75 Å². The van der Waals surface area contributed by atoms with Gasteiger partial charge in [-0.15, -0.1) is 12.2 Å². The molecule has 0 bridgehead atoms. The molecule has 0 saturated heterocycles. The van der Waals surface area contributed by atoms with Gasteiger partial charge in [-0.2, -0.15) is 0 Å². The molecule has 0 saturated carbocycles. The SMILES string of the molecule is CCCCCCCCSP(O)(=S)S. The van der Waals surface area contributed by atoms with Crippen LogP contribution in [-0.2, 0) is 11.8 Å². The van der Waals surface area contributed by atoms with E-state index in [0.717, 1.165) is 12.2 Å². The van der Waals surface area contributed by atoms with Crippen LogP contribution in [0.5, 0.6) is 0 Å². The topological polar surface area (TPSA) is 20.2 Å². The molecule has 0 amide bonds. The van der Waals surface area contributed by atoms with Crippen molar-refractivity contribution in [2.45, 2.75) is 45.4 Å². The van der Waals surface area contributed by atoms with Crippen LogP contribution in [-0.4, -0.2) is 10.6 Å². The van der Waals surface area contributed by atoms with Crippen molar-refractivity contribution in [1.82, 2.24) is 0 Å². The van der Waals surface area contributed by atoms with Gasteiger partial charge in [-0.05, 0) is 18.2 Å². The average molecular weight is 258 g/mol. The normalized spacial score (nSPS) is 15.6. The van der Waals surface area contributed by atoms with Crippen molar-refractivity contribution >= 4 is 40.1 Å². The highest BCUT2D eigenvalue weighted by Gasteiger charge is 2.04. The minimum Gasteiger partial charge on any atom is -0.350 e. The van der Waals surface area contributed by atoms with Gasteiger partial charge in [0.05, 0.1) is 0 Å². The first-order chi connectivity index (χ1) is 6.06. The molecule has 0 aromatic heterocycles. The Kier molecular flexibility index (Phi) is 9.47. The summed E-state index contributed by atoms with van der Waals surface area (Å²) in [6.07, 6.45) is 7.72. The van der Waals surface area contributed by atoms with Crippen LogP contribution in [0.25, 0.3) is 0 Å². The molecular weight excluding hydrogens is 239 g/mol. The van der Waals surface area contributed by atoms with Gasteiger partial charge in [0.25, 0.3) is 0 Å². The van der Waals surface area contributed by atoms with E-state index >= 15 is 0 Å². The molecule has 1 unspecified atom stereocenters. The lowest BCUT2D eigenvalue weighted by Crippen LogP contribution is -1.81. The smallest absolute Gasteiger partial charge is 0.169 e. The summed E-state index contributed by atoms with van der Waals surface area (Å²) in [5.41, 5.74) is 0. The standard InChI is InChI=1S/C8H19OPS3/c1-2-3-4-5-6-7-8-13-10(9,11)12/h2-8H2,1H3,(H2,9,11,12). The zero-order valence-corrected chi connectivity index (χ0v) is 11.5. The lowest BCUT2D eigenvalue weighted by atomic mass is 10.1. The predicted molar refractivity (Wildman–Crippen MR) is 71.3 cm³/mol. The Hall–Kier alpha value is 1.31. The van der Waals surface area contributed by atoms with E-state index in [1.807, 2.05) is 0 Å². The number of hydrogen-bond acceptors (Lipinski definition) is 2. The Labute approximate surface area is 96.1 Å². The quantitative estimate of drug-likeness (QED) is 0.386. The first-order valence-corrected chi connectivity index (χ1v) is 10.3. The van der Waals surface area contributed by atoms with Crippen molar-refractivity contribution in [3.05, 3.63) is 0 Å². The van der Waals surface area contributed by atoms with Crippen LogP contribution in [0.3, 0.4) is 0 Å². The highest BCUT2D eigenvalue weighted by molar-refractivity contribution is 8.94. The second-order valence-electron chi connectivity index (χ2n) is 3.09. The molecule has 0 radical (unpaired) electrons. The monoisotopic (exact) mass is 258 g/mol. The van der Waals surface area contributed by atoms with E-state index < -0.39 is 4.67 Å². The van der Waals surface area contributed by atoms with Gasteiger partial charge >= 0.3 is 0 Å². The van der Waals surface area contributed by atoms with E-state index in [4.69, 9.17) is 11.8 Å². The molecule has 1 atom stereocenters. The fourth-order valence-corrected chi connectivity index (χ4v) is 4.14. The molecule has 0 spiro atoms. The Morgan fingerprint density at radius 1 is 1.23 bits per heavy atom. The number of hydrogen-bond donors (Lipinski definition) is 2. The summed E-state index contributed by atoms with van der Waals surface area (Å²) >= 11 is 10.2. The summed E-state index contributed by atoms with van der Waals surface area (Å²) in [5, 5.41) is 0. The lowest BCUT2D eigenvalue weighted by Gasteiger charge is -2.06. The third-order valence-electron chi connectivity index (χ3n) is 1.76. The van der Waals surface area contributed by atoms with Crippen molar-refractivity contribution in [1.29, 1.82) is 0 Å². The first kappa shape index (κ1) is 14.3. The molecule has 0 aromatic carbocycles. The van der Waals surface area contributed by atoms with Gasteiger partial charge in [-0.3, -0.25) is 0 Å². The summed E-state index contributed by atoms with van der Waals surface area (Å²) in [6.45, 7) is 2.22. The second-order valence-corrected chi connectivity index (χ2v) is 12.7. The fourth-order valence-electron chi connectivity index (χ4n) is 1.07. The van der Waals surface area contributed by atoms with E-state index in [-0.39, 0.29) is 0 Å². The molecule has 0 aliphatic carbocycles. The van der Waals surface area contributed by atoms with Gasteiger partial charge in [0.2, 0.25) is 0 Å². The van der Waals surface area contributed by atoms with Crippen LogP contribution < -0.4 is 0 Å². The molecule has 1 N–H and O–H groups in total. The molecule has 0 heterocycles. The van der Waals surface area contributed by atoms with E-state index in [0.29, 0.717) is 0 Å². The van der Waals surface area contributed by atoms with Crippen LogP contribution in [0.2, 0.25) is 0 Å². The minimum atomic E-state index is -2.28. The highest BCUT2D eigenvalue weighted by atomic mass is 33.2. The summed E-state index contributed by atoms with van der Waals surface area (Å²) in [7, 11) is 0. The van der Waals surface area contributed by atoms with Crippen molar-refractivity contribution in [2.24, 2.45) is 0 Å². The maximum absolute atomic E-state index is 9.21. The maximum Gasteiger partial charge on any atom is 0.169 e. The van der Waals surface area contributed by atoms with Gasteiger partial charge in [0.1, 0.15) is 0 Å². The minimum absolute atomic E-state index is 0.962. The number of rotatable bonds is 8. The predicted octanol–water partition coefficient (Wildman–Crippen LogP) is 4.23. The van der Waals surface area contributed by atoms with Crippen LogP contribution in [0.1, 0.15) is 45.4 Å². The fraction of sp³-hybridized carbons (Fsp3) is 1.00. The average Bonchev–Trinajstić information content (AvgIpc) is 2.01. The van der Waals surface area contributed by atoms with Gasteiger partial charge in [0.15, 0.2) is 4.67 Å². The van der Waals surface area contributed by atoms with Crippen LogP contribution in [0.4, 0.5) is 0 Å². The third-order valence-corrected chi connectivity index (χ3v) is 6.11. The molecule has 1 nitrogen and oxygen atoms in total. The second kappa shape index (κ2) is 8.60. The van der Waals surface area contributed by atoms with E-state index in [1.165, 1.54) is 43.5 Å². The van der Waals surface area contributed by atoms with Gasteiger partial charge < -0.3 is 4.89 Å². The van der Waals surface area contributed by atoms with Crippen molar-refractivity contribution in [2.75, 3.05) is 5.75 Å². The molecular formula is C8H19OPS3. The number of thiol groups is 1. The van der Waals surface area contributed by atoms with Crippen LogP contribution in [0, 0.1) is 0 Å². The maximum atomic E-state index is 9.21. The van der Waals surface area contributed by atoms with Crippen molar-refractivity contribution < 1.29 is 4.89 Å². The Morgan fingerprint density at radius 3 is 2.31 bits per heavy atom. The molecule has 0 rings (SSSR count). The van der Waals surface area contributed by atoms with Gasteiger partial charge in [-0.1, -0.05) is 50.4 Å².